The third-order valence-corrected chi connectivity index (χ3v) is 2.97. The first-order valence-corrected chi connectivity index (χ1v) is 6.08. The standard InChI is InChI=1S/C13H8BrClN2/c14-10-5-9(8-16)6-11(7-10)17-13-4-2-1-3-12(13)15/h1-7,17H. The summed E-state index contributed by atoms with van der Waals surface area (Å²) >= 11 is 9.41. The largest absolute Gasteiger partial charge is 0.354 e. The van der Waals surface area contributed by atoms with E-state index in [-0.39, 0.29) is 0 Å². The molecule has 0 aliphatic rings. The number of nitrogens with one attached hydrogen (secondary N) is 1. The summed E-state index contributed by atoms with van der Waals surface area (Å²) in [6.07, 6.45) is 0. The summed E-state index contributed by atoms with van der Waals surface area (Å²) < 4.78 is 0.853. The van der Waals surface area contributed by atoms with Crippen LogP contribution in [0.25, 0.3) is 0 Å². The summed E-state index contributed by atoms with van der Waals surface area (Å²) in [6.45, 7) is 0. The van der Waals surface area contributed by atoms with E-state index in [1.165, 1.54) is 0 Å². The van der Waals surface area contributed by atoms with E-state index in [2.05, 4.69) is 27.3 Å². The van der Waals surface area contributed by atoms with Crippen molar-refractivity contribution in [2.24, 2.45) is 0 Å². The molecule has 1 N–H and O–H groups in total. The maximum absolute atomic E-state index is 8.88. The van der Waals surface area contributed by atoms with Gasteiger partial charge in [0.05, 0.1) is 22.3 Å². The summed E-state index contributed by atoms with van der Waals surface area (Å²) in [5, 5.41) is 12.7. The Labute approximate surface area is 113 Å². The fourth-order valence-corrected chi connectivity index (χ4v) is 2.12. The van der Waals surface area contributed by atoms with Gasteiger partial charge in [-0.05, 0) is 30.3 Å². The maximum atomic E-state index is 8.88. The number of hydrogen-bond donors (Lipinski definition) is 1. The van der Waals surface area contributed by atoms with Gasteiger partial charge >= 0.3 is 0 Å². The van der Waals surface area contributed by atoms with Crippen molar-refractivity contribution in [2.75, 3.05) is 5.32 Å². The molecule has 0 heterocycles. The quantitative estimate of drug-likeness (QED) is 0.871. The van der Waals surface area contributed by atoms with Crippen molar-refractivity contribution in [3.05, 3.63) is 57.5 Å². The Morgan fingerprint density at radius 3 is 2.65 bits per heavy atom. The van der Waals surface area contributed by atoms with Gasteiger partial charge in [-0.1, -0.05) is 39.7 Å². The first kappa shape index (κ1) is 12.0. The van der Waals surface area contributed by atoms with Gasteiger partial charge < -0.3 is 5.32 Å². The third kappa shape index (κ3) is 3.00. The fraction of sp³-hybridized carbons (Fsp3) is 0. The minimum atomic E-state index is 0.592. The van der Waals surface area contributed by atoms with Gasteiger partial charge in [-0.15, -0.1) is 0 Å². The van der Waals surface area contributed by atoms with Crippen LogP contribution in [0.2, 0.25) is 5.02 Å². The van der Waals surface area contributed by atoms with Gasteiger partial charge in [-0.2, -0.15) is 5.26 Å². The zero-order valence-electron chi connectivity index (χ0n) is 8.74. The van der Waals surface area contributed by atoms with Crippen molar-refractivity contribution in [1.82, 2.24) is 0 Å². The Bertz CT molecular complexity index is 590. The first-order chi connectivity index (χ1) is 8.19. The molecule has 0 bridgehead atoms. The topological polar surface area (TPSA) is 35.8 Å². The highest BCUT2D eigenvalue weighted by Crippen LogP contribution is 2.27. The molecule has 17 heavy (non-hydrogen) atoms. The lowest BCUT2D eigenvalue weighted by Crippen LogP contribution is -1.91. The van der Waals surface area contributed by atoms with E-state index in [0.717, 1.165) is 15.8 Å². The van der Waals surface area contributed by atoms with E-state index in [4.69, 9.17) is 16.9 Å². The van der Waals surface area contributed by atoms with Crippen LogP contribution in [0.4, 0.5) is 11.4 Å². The van der Waals surface area contributed by atoms with Crippen LogP contribution in [0.5, 0.6) is 0 Å². The fourth-order valence-electron chi connectivity index (χ4n) is 1.44. The lowest BCUT2D eigenvalue weighted by molar-refractivity contribution is 1.46. The van der Waals surface area contributed by atoms with E-state index >= 15 is 0 Å². The van der Waals surface area contributed by atoms with Gasteiger partial charge in [-0.25, -0.2) is 0 Å². The molecule has 0 spiro atoms. The molecular formula is C13H8BrClN2. The number of halogens is 2. The van der Waals surface area contributed by atoms with Crippen molar-refractivity contribution in [3.63, 3.8) is 0 Å². The predicted octanol–water partition coefficient (Wildman–Crippen LogP) is 4.72. The summed E-state index contributed by atoms with van der Waals surface area (Å²) in [5.74, 6) is 0. The van der Waals surface area contributed by atoms with Crippen molar-refractivity contribution in [2.45, 2.75) is 0 Å². The highest BCUT2D eigenvalue weighted by Gasteiger charge is 2.02. The monoisotopic (exact) mass is 306 g/mol. The summed E-state index contributed by atoms with van der Waals surface area (Å²) in [7, 11) is 0. The summed E-state index contributed by atoms with van der Waals surface area (Å²) in [5.41, 5.74) is 2.23. The molecule has 2 aromatic rings. The molecule has 0 aromatic heterocycles. The molecule has 2 aromatic carbocycles. The molecule has 84 valence electrons. The Morgan fingerprint density at radius 2 is 1.94 bits per heavy atom. The zero-order chi connectivity index (χ0) is 12.3. The zero-order valence-corrected chi connectivity index (χ0v) is 11.1. The van der Waals surface area contributed by atoms with Crippen LogP contribution in [0.3, 0.4) is 0 Å². The average Bonchev–Trinajstić information content (AvgIpc) is 2.31. The number of anilines is 2. The van der Waals surface area contributed by atoms with Crippen LogP contribution in [-0.2, 0) is 0 Å². The SMILES string of the molecule is N#Cc1cc(Br)cc(Nc2ccccc2Cl)c1. The number of benzene rings is 2. The van der Waals surface area contributed by atoms with E-state index in [9.17, 15) is 0 Å². The van der Waals surface area contributed by atoms with Crippen LogP contribution >= 0.6 is 27.5 Å². The molecular weight excluding hydrogens is 300 g/mol. The Kier molecular flexibility index (Phi) is 3.68. The number of hydrogen-bond acceptors (Lipinski definition) is 2. The van der Waals surface area contributed by atoms with Crippen LogP contribution in [0.1, 0.15) is 5.56 Å². The smallest absolute Gasteiger partial charge is 0.0992 e. The molecule has 0 unspecified atom stereocenters. The van der Waals surface area contributed by atoms with Crippen LogP contribution in [-0.4, -0.2) is 0 Å². The second-order valence-electron chi connectivity index (χ2n) is 3.45. The van der Waals surface area contributed by atoms with Gasteiger partial charge in [0.1, 0.15) is 0 Å². The number of nitriles is 1. The second-order valence-corrected chi connectivity index (χ2v) is 4.77. The van der Waals surface area contributed by atoms with Crippen molar-refractivity contribution in [3.8, 4) is 6.07 Å². The van der Waals surface area contributed by atoms with Crippen molar-refractivity contribution in [1.29, 1.82) is 5.26 Å². The first-order valence-electron chi connectivity index (χ1n) is 4.91. The van der Waals surface area contributed by atoms with Gasteiger partial charge in [0, 0.05) is 10.2 Å². The summed E-state index contributed by atoms with van der Waals surface area (Å²) in [4.78, 5) is 0. The molecule has 0 aliphatic heterocycles. The second kappa shape index (κ2) is 5.22. The number of para-hydroxylation sites is 1. The Hall–Kier alpha value is -1.50. The van der Waals surface area contributed by atoms with Crippen LogP contribution < -0.4 is 5.32 Å². The van der Waals surface area contributed by atoms with Gasteiger partial charge in [0.25, 0.3) is 0 Å². The lowest BCUT2D eigenvalue weighted by atomic mass is 10.2. The molecule has 0 atom stereocenters. The predicted molar refractivity (Wildman–Crippen MR) is 73.6 cm³/mol. The highest BCUT2D eigenvalue weighted by atomic mass is 79.9. The number of nitrogens with zero attached hydrogens (tertiary/aromatic N) is 1. The Morgan fingerprint density at radius 1 is 1.18 bits per heavy atom. The van der Waals surface area contributed by atoms with E-state index in [0.29, 0.717) is 10.6 Å². The van der Waals surface area contributed by atoms with Crippen LogP contribution in [0.15, 0.2) is 46.9 Å². The minimum Gasteiger partial charge on any atom is -0.354 e. The molecule has 0 amide bonds. The number of rotatable bonds is 2. The van der Waals surface area contributed by atoms with E-state index in [1.54, 1.807) is 12.1 Å². The molecule has 0 aliphatic carbocycles. The molecule has 0 fully saturated rings. The highest BCUT2D eigenvalue weighted by molar-refractivity contribution is 9.10. The average molecular weight is 308 g/mol. The third-order valence-electron chi connectivity index (χ3n) is 2.18. The molecule has 4 heteroatoms. The normalized spacial score (nSPS) is 9.71. The van der Waals surface area contributed by atoms with E-state index < -0.39 is 0 Å². The molecule has 2 nitrogen and oxygen atoms in total. The maximum Gasteiger partial charge on any atom is 0.0992 e. The summed E-state index contributed by atoms with van der Waals surface area (Å²) in [6, 6.07) is 15.0. The van der Waals surface area contributed by atoms with Crippen LogP contribution in [0, 0.1) is 11.3 Å². The van der Waals surface area contributed by atoms with E-state index in [1.807, 2.05) is 30.3 Å². The molecule has 0 saturated heterocycles. The molecule has 2 rings (SSSR count). The lowest BCUT2D eigenvalue weighted by Gasteiger charge is -2.08. The van der Waals surface area contributed by atoms with Crippen molar-refractivity contribution < 1.29 is 0 Å². The van der Waals surface area contributed by atoms with Crippen molar-refractivity contribution >= 4 is 38.9 Å². The van der Waals surface area contributed by atoms with Gasteiger partial charge in [0.15, 0.2) is 0 Å². The molecule has 0 radical (unpaired) electrons. The molecule has 0 saturated carbocycles. The Balaban J connectivity index is 2.34. The van der Waals surface area contributed by atoms with Gasteiger partial charge in [-0.3, -0.25) is 0 Å². The minimum absolute atomic E-state index is 0.592. The van der Waals surface area contributed by atoms with Gasteiger partial charge in [0.2, 0.25) is 0 Å².